The third-order valence-corrected chi connectivity index (χ3v) is 5.43. The first-order valence-electron chi connectivity index (χ1n) is 5.28. The molecule has 1 aromatic heterocycles. The Hall–Kier alpha value is -1.45. The molecule has 0 aliphatic heterocycles. The summed E-state index contributed by atoms with van der Waals surface area (Å²) in [7, 11) is -3.87. The van der Waals surface area contributed by atoms with Crippen molar-refractivity contribution in [2.24, 2.45) is 0 Å². The van der Waals surface area contributed by atoms with E-state index >= 15 is 0 Å². The molecule has 0 unspecified atom stereocenters. The van der Waals surface area contributed by atoms with Gasteiger partial charge in [0.2, 0.25) is 0 Å². The maximum Gasteiger partial charge on any atom is 0.335 e. The molecule has 6 nitrogen and oxygen atoms in total. The van der Waals surface area contributed by atoms with Crippen LogP contribution in [0.2, 0.25) is 0 Å². The molecule has 2 N–H and O–H groups in total. The zero-order chi connectivity index (χ0) is 14.9. The summed E-state index contributed by atoms with van der Waals surface area (Å²) in [6.07, 6.45) is 1.48. The molecule has 106 valence electrons. The molecule has 0 amide bonds. The monoisotopic (exact) mass is 376 g/mol. The molecule has 0 saturated carbocycles. The number of aryl methyl sites for hydroxylation is 1. The SMILES string of the molecule is Cc1ccc(C(=O)O)cc1S(=O)(=O)Nc1ncc(Br)s1. The van der Waals surface area contributed by atoms with Gasteiger partial charge in [0.25, 0.3) is 10.0 Å². The first kappa shape index (κ1) is 14.9. The average molecular weight is 377 g/mol. The highest BCUT2D eigenvalue weighted by Crippen LogP contribution is 2.26. The lowest BCUT2D eigenvalue weighted by Gasteiger charge is -2.09. The summed E-state index contributed by atoms with van der Waals surface area (Å²) < 4.78 is 27.5. The van der Waals surface area contributed by atoms with Crippen LogP contribution in [-0.4, -0.2) is 24.5 Å². The third-order valence-electron chi connectivity index (χ3n) is 2.42. The largest absolute Gasteiger partial charge is 0.478 e. The Morgan fingerprint density at radius 3 is 2.70 bits per heavy atom. The number of carbonyl (C=O) groups is 1. The van der Waals surface area contributed by atoms with Crippen LogP contribution in [0.4, 0.5) is 5.13 Å². The Balaban J connectivity index is 2.43. The molecule has 2 aromatic rings. The van der Waals surface area contributed by atoms with Gasteiger partial charge in [0, 0.05) is 0 Å². The fourth-order valence-corrected chi connectivity index (χ4v) is 4.11. The number of thiazole rings is 1. The van der Waals surface area contributed by atoms with Gasteiger partial charge in [-0.1, -0.05) is 17.4 Å². The summed E-state index contributed by atoms with van der Waals surface area (Å²) in [4.78, 5) is 14.7. The van der Waals surface area contributed by atoms with Crippen LogP contribution in [0, 0.1) is 6.92 Å². The molecule has 1 heterocycles. The number of aromatic carboxylic acids is 1. The van der Waals surface area contributed by atoms with Gasteiger partial charge in [0.15, 0.2) is 5.13 Å². The van der Waals surface area contributed by atoms with Gasteiger partial charge >= 0.3 is 5.97 Å². The van der Waals surface area contributed by atoms with E-state index in [-0.39, 0.29) is 15.6 Å². The third kappa shape index (κ3) is 3.17. The standard InChI is InChI=1S/C11H9BrN2O4S2/c1-6-2-3-7(10(15)16)4-8(6)20(17,18)14-11-13-5-9(12)19-11/h2-5H,1H3,(H,13,14)(H,15,16). The highest BCUT2D eigenvalue weighted by molar-refractivity contribution is 9.11. The van der Waals surface area contributed by atoms with Crippen LogP contribution >= 0.6 is 27.3 Å². The van der Waals surface area contributed by atoms with E-state index in [1.165, 1.54) is 18.3 Å². The van der Waals surface area contributed by atoms with Gasteiger partial charge in [-0.25, -0.2) is 18.2 Å². The number of rotatable bonds is 4. The predicted octanol–water partition coefficient (Wildman–Crippen LogP) is 2.71. The fourth-order valence-electron chi connectivity index (χ4n) is 1.49. The minimum atomic E-state index is -3.87. The van der Waals surface area contributed by atoms with Crippen LogP contribution in [0.5, 0.6) is 0 Å². The minimum absolute atomic E-state index is 0.0799. The quantitative estimate of drug-likeness (QED) is 0.854. The summed E-state index contributed by atoms with van der Waals surface area (Å²) in [6.45, 7) is 1.60. The highest BCUT2D eigenvalue weighted by Gasteiger charge is 2.20. The predicted molar refractivity (Wildman–Crippen MR) is 78.8 cm³/mol. The summed E-state index contributed by atoms with van der Waals surface area (Å²) in [5.74, 6) is -1.18. The van der Waals surface area contributed by atoms with Crippen molar-refractivity contribution in [3.05, 3.63) is 39.3 Å². The molecule has 1 aromatic carbocycles. The molecule has 0 spiro atoms. The smallest absolute Gasteiger partial charge is 0.335 e. The van der Waals surface area contributed by atoms with Gasteiger partial charge in [0.1, 0.15) is 0 Å². The number of nitrogens with one attached hydrogen (secondary N) is 1. The van der Waals surface area contributed by atoms with Gasteiger partial charge in [-0.15, -0.1) is 0 Å². The van der Waals surface area contributed by atoms with E-state index < -0.39 is 16.0 Å². The van der Waals surface area contributed by atoms with Gasteiger partial charge in [-0.3, -0.25) is 4.72 Å². The molecular weight excluding hydrogens is 368 g/mol. The van der Waals surface area contributed by atoms with Crippen molar-refractivity contribution in [2.75, 3.05) is 4.72 Å². The van der Waals surface area contributed by atoms with Crippen molar-refractivity contribution in [3.63, 3.8) is 0 Å². The number of hydrogen-bond acceptors (Lipinski definition) is 5. The van der Waals surface area contributed by atoms with E-state index in [1.807, 2.05) is 0 Å². The second kappa shape index (κ2) is 5.51. The molecule has 0 radical (unpaired) electrons. The Labute approximate surface area is 127 Å². The minimum Gasteiger partial charge on any atom is -0.478 e. The summed E-state index contributed by atoms with van der Waals surface area (Å²) in [5, 5.41) is 9.13. The number of sulfonamides is 1. The lowest BCUT2D eigenvalue weighted by molar-refractivity contribution is 0.0696. The van der Waals surface area contributed by atoms with Crippen molar-refractivity contribution < 1.29 is 18.3 Å². The van der Waals surface area contributed by atoms with Crippen molar-refractivity contribution in [1.82, 2.24) is 4.98 Å². The molecule has 9 heteroatoms. The normalized spacial score (nSPS) is 11.3. The molecule has 20 heavy (non-hydrogen) atoms. The second-order valence-electron chi connectivity index (χ2n) is 3.86. The van der Waals surface area contributed by atoms with Crippen LogP contribution in [0.3, 0.4) is 0 Å². The van der Waals surface area contributed by atoms with Gasteiger partial charge in [-0.05, 0) is 40.5 Å². The number of halogens is 1. The molecule has 0 fully saturated rings. The topological polar surface area (TPSA) is 96.4 Å². The van der Waals surface area contributed by atoms with Crippen LogP contribution < -0.4 is 4.72 Å². The number of nitrogens with zero attached hydrogens (tertiary/aromatic N) is 1. The van der Waals surface area contributed by atoms with E-state index in [0.717, 1.165) is 17.4 Å². The number of hydrogen-bond donors (Lipinski definition) is 2. The van der Waals surface area contributed by atoms with E-state index in [4.69, 9.17) is 5.11 Å². The number of anilines is 1. The Morgan fingerprint density at radius 1 is 1.45 bits per heavy atom. The molecule has 0 atom stereocenters. The summed E-state index contributed by atoms with van der Waals surface area (Å²) in [6, 6.07) is 3.94. The number of aromatic nitrogens is 1. The second-order valence-corrected chi connectivity index (χ2v) is 7.92. The van der Waals surface area contributed by atoms with Crippen LogP contribution in [0.25, 0.3) is 0 Å². The molecule has 0 aliphatic carbocycles. The van der Waals surface area contributed by atoms with Crippen LogP contribution in [-0.2, 0) is 10.0 Å². The van der Waals surface area contributed by atoms with Gasteiger partial charge < -0.3 is 5.11 Å². The molecule has 0 bridgehead atoms. The van der Waals surface area contributed by atoms with Crippen LogP contribution in [0.15, 0.2) is 33.1 Å². The first-order chi connectivity index (χ1) is 9.29. The van der Waals surface area contributed by atoms with Crippen molar-refractivity contribution in [1.29, 1.82) is 0 Å². The van der Waals surface area contributed by atoms with Crippen molar-refractivity contribution >= 4 is 48.4 Å². The maximum atomic E-state index is 12.3. The molecule has 2 rings (SSSR count). The number of benzene rings is 1. The van der Waals surface area contributed by atoms with Gasteiger partial charge in [-0.2, -0.15) is 0 Å². The van der Waals surface area contributed by atoms with E-state index in [9.17, 15) is 13.2 Å². The van der Waals surface area contributed by atoms with Gasteiger partial charge in [0.05, 0.1) is 20.4 Å². The summed E-state index contributed by atoms with van der Waals surface area (Å²) in [5.41, 5.74) is 0.370. The molecular formula is C11H9BrN2O4S2. The van der Waals surface area contributed by atoms with E-state index in [1.54, 1.807) is 6.92 Å². The Bertz CT molecular complexity index is 770. The Kier molecular flexibility index (Phi) is 4.11. The Morgan fingerprint density at radius 2 is 2.15 bits per heavy atom. The maximum absolute atomic E-state index is 12.3. The zero-order valence-corrected chi connectivity index (χ0v) is 13.3. The van der Waals surface area contributed by atoms with Crippen LogP contribution in [0.1, 0.15) is 15.9 Å². The number of carboxylic acids is 1. The lowest BCUT2D eigenvalue weighted by atomic mass is 10.1. The number of carboxylic acid groups (broad SMARTS) is 1. The van der Waals surface area contributed by atoms with Crippen molar-refractivity contribution in [2.45, 2.75) is 11.8 Å². The molecule has 0 aliphatic rings. The van der Waals surface area contributed by atoms with E-state index in [0.29, 0.717) is 9.35 Å². The average Bonchev–Trinajstić information content (AvgIpc) is 2.73. The fraction of sp³-hybridized carbons (Fsp3) is 0.0909. The zero-order valence-electron chi connectivity index (χ0n) is 10.1. The first-order valence-corrected chi connectivity index (χ1v) is 8.37. The summed E-state index contributed by atoms with van der Waals surface area (Å²) >= 11 is 4.31. The van der Waals surface area contributed by atoms with E-state index in [2.05, 4.69) is 25.6 Å². The van der Waals surface area contributed by atoms with Crippen molar-refractivity contribution in [3.8, 4) is 0 Å². The molecule has 0 saturated heterocycles. The highest BCUT2D eigenvalue weighted by atomic mass is 79.9. The lowest BCUT2D eigenvalue weighted by Crippen LogP contribution is -2.15.